The van der Waals surface area contributed by atoms with Crippen molar-refractivity contribution >= 4 is 5.90 Å². The van der Waals surface area contributed by atoms with E-state index < -0.39 is 0 Å². The van der Waals surface area contributed by atoms with Crippen LogP contribution in [-0.4, -0.2) is 5.90 Å². The molecule has 2 heteroatoms. The Hall–Kier alpha value is -1.75. The molecule has 1 N–H and O–H groups in total. The second kappa shape index (κ2) is 7.51. The fraction of sp³-hybridized carbons (Fsp3) is 0.400. The van der Waals surface area contributed by atoms with Crippen molar-refractivity contribution in [3.05, 3.63) is 35.4 Å². The molecule has 0 saturated carbocycles. The van der Waals surface area contributed by atoms with E-state index >= 15 is 0 Å². The van der Waals surface area contributed by atoms with Gasteiger partial charge in [-0.15, -0.1) is 0 Å². The first kappa shape index (κ1) is 13.3. The summed E-state index contributed by atoms with van der Waals surface area (Å²) in [5, 5.41) is 7.52. The number of ether oxygens (including phenoxy) is 1. The highest BCUT2D eigenvalue weighted by atomic mass is 16.5. The van der Waals surface area contributed by atoms with Gasteiger partial charge in [-0.3, -0.25) is 5.41 Å². The molecule has 0 unspecified atom stereocenters. The molecule has 0 heterocycles. The first-order chi connectivity index (χ1) is 8.22. The fourth-order valence-electron chi connectivity index (χ4n) is 1.28. The molecule has 2 nitrogen and oxygen atoms in total. The Morgan fingerprint density at radius 2 is 2.00 bits per heavy atom. The normalized spacial score (nSPS) is 9.29. The van der Waals surface area contributed by atoms with Crippen LogP contribution in [0, 0.1) is 24.2 Å². The van der Waals surface area contributed by atoms with Gasteiger partial charge in [-0.25, -0.2) is 0 Å². The predicted octanol–water partition coefficient (Wildman–Crippen LogP) is 3.68. The predicted molar refractivity (Wildman–Crippen MR) is 71.0 cm³/mol. The third-order valence-corrected chi connectivity index (χ3v) is 2.36. The molecule has 0 radical (unpaired) electrons. The van der Waals surface area contributed by atoms with Crippen molar-refractivity contribution in [3.63, 3.8) is 0 Å². The van der Waals surface area contributed by atoms with Gasteiger partial charge in [0.05, 0.1) is 0 Å². The van der Waals surface area contributed by atoms with E-state index in [2.05, 4.69) is 18.8 Å². The Labute approximate surface area is 104 Å². The molecule has 0 saturated heterocycles. The summed E-state index contributed by atoms with van der Waals surface area (Å²) in [6.45, 7) is 4.59. The minimum absolute atomic E-state index is 0.0571. The number of hydrogen-bond donors (Lipinski definition) is 1. The number of rotatable bonds is 4. The summed E-state index contributed by atoms with van der Waals surface area (Å²) in [4.78, 5) is 0. The summed E-state index contributed by atoms with van der Waals surface area (Å²) >= 11 is 0. The van der Waals surface area contributed by atoms with E-state index in [1.807, 2.05) is 31.2 Å². The van der Waals surface area contributed by atoms with Crippen LogP contribution in [-0.2, 0) is 11.3 Å². The van der Waals surface area contributed by atoms with Crippen molar-refractivity contribution in [1.82, 2.24) is 0 Å². The standard InChI is InChI=1S/C15H19NO/c1-3-4-5-6-7-15(16)17-12-14-10-8-13(2)9-11-14/h8-11,16H,3-5,12H2,1-2H3. The van der Waals surface area contributed by atoms with Gasteiger partial charge < -0.3 is 4.74 Å². The maximum absolute atomic E-state index is 7.52. The van der Waals surface area contributed by atoms with Crippen LogP contribution in [0.3, 0.4) is 0 Å². The second-order valence-electron chi connectivity index (χ2n) is 4.01. The van der Waals surface area contributed by atoms with Crippen LogP contribution in [0.1, 0.15) is 37.3 Å². The molecule has 0 spiro atoms. The molecule has 0 amide bonds. The molecule has 0 aromatic heterocycles. The largest absolute Gasteiger partial charge is 0.467 e. The zero-order valence-corrected chi connectivity index (χ0v) is 10.5. The molecule has 0 atom stereocenters. The molecule has 90 valence electrons. The van der Waals surface area contributed by atoms with E-state index in [-0.39, 0.29) is 5.90 Å². The summed E-state index contributed by atoms with van der Waals surface area (Å²) < 4.78 is 5.26. The third kappa shape index (κ3) is 5.77. The van der Waals surface area contributed by atoms with Gasteiger partial charge in [0.2, 0.25) is 0 Å². The lowest BCUT2D eigenvalue weighted by molar-refractivity contribution is 0.294. The molecule has 1 rings (SSSR count). The van der Waals surface area contributed by atoms with Gasteiger partial charge in [-0.1, -0.05) is 49.1 Å². The lowest BCUT2D eigenvalue weighted by atomic mass is 10.2. The summed E-state index contributed by atoms with van der Waals surface area (Å²) in [7, 11) is 0. The quantitative estimate of drug-likeness (QED) is 0.363. The molecule has 1 aromatic rings. The molecular formula is C15H19NO. The van der Waals surface area contributed by atoms with Crippen molar-refractivity contribution < 1.29 is 4.74 Å². The van der Waals surface area contributed by atoms with Crippen LogP contribution in [0.5, 0.6) is 0 Å². The van der Waals surface area contributed by atoms with Crippen molar-refractivity contribution in [2.24, 2.45) is 0 Å². The lowest BCUT2D eigenvalue weighted by Gasteiger charge is -2.03. The number of nitrogens with one attached hydrogen (secondary N) is 1. The van der Waals surface area contributed by atoms with Gasteiger partial charge in [-0.05, 0) is 24.8 Å². The maximum atomic E-state index is 7.52. The molecule has 0 fully saturated rings. The van der Waals surface area contributed by atoms with Gasteiger partial charge in [0, 0.05) is 6.42 Å². The molecular weight excluding hydrogens is 210 g/mol. The Bertz CT molecular complexity index is 409. The minimum Gasteiger partial charge on any atom is -0.467 e. The molecule has 17 heavy (non-hydrogen) atoms. The van der Waals surface area contributed by atoms with Crippen LogP contribution in [0.2, 0.25) is 0 Å². The summed E-state index contributed by atoms with van der Waals surface area (Å²) in [6.07, 6.45) is 3.05. The van der Waals surface area contributed by atoms with E-state index in [1.54, 1.807) is 0 Å². The van der Waals surface area contributed by atoms with Crippen LogP contribution in [0.25, 0.3) is 0 Å². The van der Waals surface area contributed by atoms with Gasteiger partial charge in [0.1, 0.15) is 6.61 Å². The molecule has 0 aliphatic rings. The van der Waals surface area contributed by atoms with Gasteiger partial charge in [-0.2, -0.15) is 0 Å². The topological polar surface area (TPSA) is 33.1 Å². The zero-order valence-electron chi connectivity index (χ0n) is 10.5. The minimum atomic E-state index is 0.0571. The SMILES string of the molecule is CCCCC#CC(=N)OCc1ccc(C)cc1. The molecule has 1 aromatic carbocycles. The average Bonchev–Trinajstić information content (AvgIpc) is 2.34. The Kier molecular flexibility index (Phi) is 5.88. The van der Waals surface area contributed by atoms with Gasteiger partial charge >= 0.3 is 0 Å². The number of hydrogen-bond acceptors (Lipinski definition) is 2. The summed E-state index contributed by atoms with van der Waals surface area (Å²) in [5.74, 6) is 5.70. The number of aryl methyl sites for hydroxylation is 1. The highest BCUT2D eigenvalue weighted by Crippen LogP contribution is 2.04. The maximum Gasteiger partial charge on any atom is 0.260 e. The Morgan fingerprint density at radius 3 is 2.65 bits per heavy atom. The van der Waals surface area contributed by atoms with E-state index in [0.717, 1.165) is 24.8 Å². The van der Waals surface area contributed by atoms with Gasteiger partial charge in [0.25, 0.3) is 5.90 Å². The van der Waals surface area contributed by atoms with Crippen LogP contribution >= 0.6 is 0 Å². The smallest absolute Gasteiger partial charge is 0.260 e. The van der Waals surface area contributed by atoms with E-state index in [1.165, 1.54) is 5.56 Å². The fourth-order valence-corrected chi connectivity index (χ4v) is 1.28. The van der Waals surface area contributed by atoms with Crippen LogP contribution in [0.4, 0.5) is 0 Å². The molecule has 0 bridgehead atoms. The number of benzene rings is 1. The molecule has 0 aliphatic carbocycles. The monoisotopic (exact) mass is 229 g/mol. The highest BCUT2D eigenvalue weighted by molar-refractivity contribution is 5.90. The van der Waals surface area contributed by atoms with Crippen molar-refractivity contribution in [2.45, 2.75) is 39.7 Å². The Morgan fingerprint density at radius 1 is 1.29 bits per heavy atom. The van der Waals surface area contributed by atoms with Crippen molar-refractivity contribution in [2.75, 3.05) is 0 Å². The number of unbranched alkanes of at least 4 members (excludes halogenated alkanes) is 2. The van der Waals surface area contributed by atoms with Crippen molar-refractivity contribution in [3.8, 4) is 11.8 Å². The highest BCUT2D eigenvalue weighted by Gasteiger charge is 1.95. The Balaban J connectivity index is 2.32. The van der Waals surface area contributed by atoms with Crippen molar-refractivity contribution in [1.29, 1.82) is 5.41 Å². The van der Waals surface area contributed by atoms with E-state index in [9.17, 15) is 0 Å². The van der Waals surface area contributed by atoms with Crippen LogP contribution < -0.4 is 0 Å². The zero-order chi connectivity index (χ0) is 12.5. The first-order valence-electron chi connectivity index (χ1n) is 5.98. The average molecular weight is 229 g/mol. The summed E-state index contributed by atoms with van der Waals surface area (Å²) in [6, 6.07) is 8.09. The van der Waals surface area contributed by atoms with E-state index in [0.29, 0.717) is 6.61 Å². The van der Waals surface area contributed by atoms with E-state index in [4.69, 9.17) is 10.1 Å². The third-order valence-electron chi connectivity index (χ3n) is 2.36. The lowest BCUT2D eigenvalue weighted by Crippen LogP contribution is -2.00. The molecule has 0 aliphatic heterocycles. The second-order valence-corrected chi connectivity index (χ2v) is 4.01. The summed E-state index contributed by atoms with van der Waals surface area (Å²) in [5.41, 5.74) is 2.29. The van der Waals surface area contributed by atoms with Crippen LogP contribution in [0.15, 0.2) is 24.3 Å². The first-order valence-corrected chi connectivity index (χ1v) is 5.98. The van der Waals surface area contributed by atoms with Gasteiger partial charge in [0.15, 0.2) is 0 Å².